The molecule has 1 nitrogen and oxygen atoms in total. The zero-order valence-corrected chi connectivity index (χ0v) is 13.2. The lowest BCUT2D eigenvalue weighted by atomic mass is 9.93. The van der Waals surface area contributed by atoms with E-state index in [1.807, 2.05) is 0 Å². The molecule has 1 heteroatoms. The van der Waals surface area contributed by atoms with Crippen molar-refractivity contribution in [3.8, 4) is 0 Å². The van der Waals surface area contributed by atoms with Gasteiger partial charge in [0.25, 0.3) is 0 Å². The molecule has 4 rings (SSSR count). The third-order valence-corrected chi connectivity index (χ3v) is 5.63. The van der Waals surface area contributed by atoms with Crippen molar-refractivity contribution in [1.29, 1.82) is 0 Å². The van der Waals surface area contributed by atoms with Gasteiger partial charge in [-0.3, -0.25) is 4.90 Å². The summed E-state index contributed by atoms with van der Waals surface area (Å²) in [4.78, 5) is 2.74. The topological polar surface area (TPSA) is 3.24 Å². The van der Waals surface area contributed by atoms with Crippen LogP contribution in [-0.4, -0.2) is 10.9 Å². The first-order chi connectivity index (χ1) is 10.9. The maximum Gasteiger partial charge on any atom is 0.0240 e. The van der Waals surface area contributed by atoms with Crippen LogP contribution in [0, 0.1) is 11.8 Å². The third kappa shape index (κ3) is 2.96. The fourth-order valence-corrected chi connectivity index (χ4v) is 4.58. The molecule has 3 atom stereocenters. The second kappa shape index (κ2) is 6.26. The van der Waals surface area contributed by atoms with Crippen LogP contribution in [0.25, 0.3) is 0 Å². The molecule has 0 radical (unpaired) electrons. The molecule has 2 aliphatic carbocycles. The third-order valence-electron chi connectivity index (χ3n) is 5.63. The predicted octanol–water partition coefficient (Wildman–Crippen LogP) is 4.88. The second-order valence-electron chi connectivity index (χ2n) is 7.12. The fourth-order valence-electron chi connectivity index (χ4n) is 4.58. The molecule has 2 aliphatic rings. The van der Waals surface area contributed by atoms with Gasteiger partial charge in [0, 0.05) is 19.1 Å². The molecule has 2 fully saturated rings. The summed E-state index contributed by atoms with van der Waals surface area (Å²) in [5.41, 5.74) is 2.89. The Morgan fingerprint density at radius 3 is 1.77 bits per heavy atom. The molecule has 0 N–H and O–H groups in total. The van der Waals surface area contributed by atoms with Gasteiger partial charge in [0.1, 0.15) is 0 Å². The largest absolute Gasteiger partial charge is 0.292 e. The van der Waals surface area contributed by atoms with Crippen LogP contribution in [0.15, 0.2) is 60.7 Å². The first-order valence-electron chi connectivity index (χ1n) is 8.70. The highest BCUT2D eigenvalue weighted by Crippen LogP contribution is 2.47. The molecule has 22 heavy (non-hydrogen) atoms. The second-order valence-corrected chi connectivity index (χ2v) is 7.12. The highest BCUT2D eigenvalue weighted by Gasteiger charge is 2.42. The normalized spacial score (nSPS) is 26.7. The molecule has 2 aromatic rings. The van der Waals surface area contributed by atoms with E-state index in [9.17, 15) is 0 Å². The minimum Gasteiger partial charge on any atom is -0.292 e. The average Bonchev–Trinajstić information content (AvgIpc) is 3.19. The number of benzene rings is 2. The van der Waals surface area contributed by atoms with Gasteiger partial charge in [0.05, 0.1) is 0 Å². The van der Waals surface area contributed by atoms with Gasteiger partial charge in [0.15, 0.2) is 0 Å². The smallest absolute Gasteiger partial charge is 0.0240 e. The Morgan fingerprint density at radius 1 is 0.727 bits per heavy atom. The summed E-state index contributed by atoms with van der Waals surface area (Å²) in [7, 11) is 0. The van der Waals surface area contributed by atoms with Gasteiger partial charge >= 0.3 is 0 Å². The number of rotatable bonds is 5. The van der Waals surface area contributed by atoms with Gasteiger partial charge in [-0.25, -0.2) is 0 Å². The predicted molar refractivity (Wildman–Crippen MR) is 91.4 cm³/mol. The zero-order chi connectivity index (χ0) is 14.8. The lowest BCUT2D eigenvalue weighted by Gasteiger charge is -2.35. The molecular formula is C21H25N. The average molecular weight is 291 g/mol. The minimum atomic E-state index is 0.791. The SMILES string of the molecule is c1ccc(CN(Cc2ccccc2)[C@@H]2C[C@H]3CC[C@@H]2C3)cc1. The number of hydrogen-bond donors (Lipinski definition) is 0. The van der Waals surface area contributed by atoms with E-state index < -0.39 is 0 Å². The summed E-state index contributed by atoms with van der Waals surface area (Å²) in [6.07, 6.45) is 5.83. The van der Waals surface area contributed by atoms with Crippen LogP contribution in [0.4, 0.5) is 0 Å². The van der Waals surface area contributed by atoms with E-state index in [-0.39, 0.29) is 0 Å². The lowest BCUT2D eigenvalue weighted by molar-refractivity contribution is 0.126. The Bertz CT molecular complexity index is 550. The van der Waals surface area contributed by atoms with Crippen LogP contribution in [0.2, 0.25) is 0 Å². The molecule has 0 spiro atoms. The van der Waals surface area contributed by atoms with Crippen molar-refractivity contribution < 1.29 is 0 Å². The van der Waals surface area contributed by atoms with E-state index in [1.54, 1.807) is 0 Å². The Morgan fingerprint density at radius 2 is 1.32 bits per heavy atom. The molecule has 0 aromatic heterocycles. The monoisotopic (exact) mass is 291 g/mol. The van der Waals surface area contributed by atoms with E-state index in [2.05, 4.69) is 65.6 Å². The zero-order valence-electron chi connectivity index (χ0n) is 13.2. The van der Waals surface area contributed by atoms with Crippen molar-refractivity contribution in [2.24, 2.45) is 11.8 Å². The Balaban J connectivity index is 1.54. The van der Waals surface area contributed by atoms with Crippen LogP contribution in [0.5, 0.6) is 0 Å². The molecule has 2 aromatic carbocycles. The fraction of sp³-hybridized carbons (Fsp3) is 0.429. The van der Waals surface area contributed by atoms with Crippen molar-refractivity contribution in [2.45, 2.75) is 44.8 Å². The molecule has 114 valence electrons. The van der Waals surface area contributed by atoms with Gasteiger partial charge in [-0.05, 0) is 42.2 Å². The van der Waals surface area contributed by atoms with Gasteiger partial charge < -0.3 is 0 Å². The quantitative estimate of drug-likeness (QED) is 0.759. The number of nitrogens with zero attached hydrogens (tertiary/aromatic N) is 1. The highest BCUT2D eigenvalue weighted by atomic mass is 15.2. The van der Waals surface area contributed by atoms with Gasteiger partial charge in [-0.1, -0.05) is 67.1 Å². The van der Waals surface area contributed by atoms with Crippen LogP contribution >= 0.6 is 0 Å². The number of hydrogen-bond acceptors (Lipinski definition) is 1. The van der Waals surface area contributed by atoms with Gasteiger partial charge in [0.2, 0.25) is 0 Å². The van der Waals surface area contributed by atoms with E-state index in [1.165, 1.54) is 36.8 Å². The van der Waals surface area contributed by atoms with Crippen molar-refractivity contribution in [3.05, 3.63) is 71.8 Å². The number of fused-ring (bicyclic) bond motifs is 2. The van der Waals surface area contributed by atoms with Gasteiger partial charge in [-0.2, -0.15) is 0 Å². The molecule has 0 amide bonds. The minimum absolute atomic E-state index is 0.791. The summed E-state index contributed by atoms with van der Waals surface area (Å²) < 4.78 is 0. The standard InChI is InChI=1S/C21H25N/c1-3-7-17(8-4-1)15-22(16-18-9-5-2-6-10-18)21-14-19-11-12-20(21)13-19/h1-10,19-21H,11-16H2/t19-,20+,21+/m0/s1. The molecule has 0 aliphatic heterocycles. The molecule has 0 saturated heterocycles. The summed E-state index contributed by atoms with van der Waals surface area (Å²) in [5, 5.41) is 0. The summed E-state index contributed by atoms with van der Waals surface area (Å²) in [5.74, 6) is 1.95. The lowest BCUT2D eigenvalue weighted by Crippen LogP contribution is -2.38. The Hall–Kier alpha value is -1.60. The van der Waals surface area contributed by atoms with Crippen molar-refractivity contribution in [2.75, 3.05) is 0 Å². The summed E-state index contributed by atoms with van der Waals surface area (Å²) >= 11 is 0. The van der Waals surface area contributed by atoms with Crippen molar-refractivity contribution in [1.82, 2.24) is 4.90 Å². The summed E-state index contributed by atoms with van der Waals surface area (Å²) in [6.45, 7) is 2.17. The van der Waals surface area contributed by atoms with Crippen LogP contribution in [0.1, 0.15) is 36.8 Å². The Labute approximate surface area is 134 Å². The molecular weight excluding hydrogens is 266 g/mol. The van der Waals surface area contributed by atoms with E-state index in [4.69, 9.17) is 0 Å². The van der Waals surface area contributed by atoms with Gasteiger partial charge in [-0.15, -0.1) is 0 Å². The maximum atomic E-state index is 2.74. The Kier molecular flexibility index (Phi) is 3.99. The van der Waals surface area contributed by atoms with Crippen molar-refractivity contribution in [3.63, 3.8) is 0 Å². The van der Waals surface area contributed by atoms with E-state index >= 15 is 0 Å². The van der Waals surface area contributed by atoms with Crippen molar-refractivity contribution >= 4 is 0 Å². The van der Waals surface area contributed by atoms with E-state index in [0.717, 1.165) is 31.0 Å². The molecule has 0 heterocycles. The highest BCUT2D eigenvalue weighted by molar-refractivity contribution is 5.18. The molecule has 2 saturated carbocycles. The maximum absolute atomic E-state index is 2.74. The first kappa shape index (κ1) is 14.0. The van der Waals surface area contributed by atoms with E-state index in [0.29, 0.717) is 0 Å². The molecule has 0 unspecified atom stereocenters. The van der Waals surface area contributed by atoms with Crippen LogP contribution < -0.4 is 0 Å². The summed E-state index contributed by atoms with van der Waals surface area (Å²) in [6, 6.07) is 22.7. The van der Waals surface area contributed by atoms with Crippen LogP contribution in [-0.2, 0) is 13.1 Å². The molecule has 2 bridgehead atoms. The first-order valence-corrected chi connectivity index (χ1v) is 8.70. The van der Waals surface area contributed by atoms with Crippen LogP contribution in [0.3, 0.4) is 0 Å².